The summed E-state index contributed by atoms with van der Waals surface area (Å²) in [6.45, 7) is 2.26. The second kappa shape index (κ2) is 3.99. The molecule has 0 aromatic carbocycles. The molecule has 1 aliphatic rings. The fourth-order valence-corrected chi connectivity index (χ4v) is 2.11. The van der Waals surface area contributed by atoms with E-state index in [-0.39, 0.29) is 0 Å². The molecule has 0 amide bonds. The molecule has 1 aliphatic heterocycles. The van der Waals surface area contributed by atoms with Gasteiger partial charge in [-0.1, -0.05) is 25.5 Å². The fraction of sp³-hybridized carbons (Fsp3) is 0.750. The van der Waals surface area contributed by atoms with E-state index in [0.717, 1.165) is 5.92 Å². The summed E-state index contributed by atoms with van der Waals surface area (Å²) in [5.74, 6) is 3.47. The summed E-state index contributed by atoms with van der Waals surface area (Å²) >= 11 is 2.06. The lowest BCUT2D eigenvalue weighted by Crippen LogP contribution is -2.03. The van der Waals surface area contributed by atoms with Gasteiger partial charge < -0.3 is 0 Å². The van der Waals surface area contributed by atoms with Crippen molar-refractivity contribution >= 4 is 11.8 Å². The molecule has 1 rings (SSSR count). The predicted molar refractivity (Wildman–Crippen MR) is 44.9 cm³/mol. The first-order valence-electron chi connectivity index (χ1n) is 3.68. The van der Waals surface area contributed by atoms with E-state index in [1.165, 1.54) is 24.3 Å². The highest BCUT2D eigenvalue weighted by atomic mass is 32.2. The van der Waals surface area contributed by atoms with Gasteiger partial charge in [0, 0.05) is 5.75 Å². The summed E-state index contributed by atoms with van der Waals surface area (Å²) in [6, 6.07) is 0. The molecule has 1 atom stereocenters. The third kappa shape index (κ3) is 2.44. The summed E-state index contributed by atoms with van der Waals surface area (Å²) in [5, 5.41) is 0. The first-order chi connectivity index (χ1) is 4.43. The van der Waals surface area contributed by atoms with Crippen LogP contribution in [0.15, 0.2) is 12.2 Å². The Labute approximate surface area is 61.7 Å². The van der Waals surface area contributed by atoms with Gasteiger partial charge in [-0.3, -0.25) is 0 Å². The van der Waals surface area contributed by atoms with Crippen LogP contribution in [0, 0.1) is 5.92 Å². The van der Waals surface area contributed by atoms with Gasteiger partial charge in [0.15, 0.2) is 0 Å². The van der Waals surface area contributed by atoms with E-state index in [2.05, 4.69) is 30.8 Å². The smallest absolute Gasteiger partial charge is 0.0113 e. The zero-order chi connectivity index (χ0) is 6.53. The van der Waals surface area contributed by atoms with Crippen molar-refractivity contribution in [2.75, 3.05) is 11.5 Å². The highest BCUT2D eigenvalue weighted by Crippen LogP contribution is 2.19. The Morgan fingerprint density at radius 2 is 2.56 bits per heavy atom. The summed E-state index contributed by atoms with van der Waals surface area (Å²) in [6.07, 6.45) is 7.38. The van der Waals surface area contributed by atoms with Gasteiger partial charge in [0.05, 0.1) is 0 Å². The van der Waals surface area contributed by atoms with E-state index >= 15 is 0 Å². The number of rotatable bonds is 2. The zero-order valence-corrected chi connectivity index (χ0v) is 6.79. The van der Waals surface area contributed by atoms with Crippen molar-refractivity contribution in [2.45, 2.75) is 19.8 Å². The molecule has 0 fully saturated rings. The molecule has 0 radical (unpaired) electrons. The van der Waals surface area contributed by atoms with E-state index in [1.807, 2.05) is 0 Å². The SMILES string of the molecule is CCCC1C=CCSC1. The lowest BCUT2D eigenvalue weighted by Gasteiger charge is -2.13. The third-order valence-electron chi connectivity index (χ3n) is 1.61. The quantitative estimate of drug-likeness (QED) is 0.534. The Morgan fingerprint density at radius 3 is 3.11 bits per heavy atom. The number of hydrogen-bond donors (Lipinski definition) is 0. The summed E-state index contributed by atoms with van der Waals surface area (Å²) in [4.78, 5) is 0. The second-order valence-electron chi connectivity index (χ2n) is 2.51. The minimum atomic E-state index is 0.883. The van der Waals surface area contributed by atoms with Crippen LogP contribution in [0.4, 0.5) is 0 Å². The average molecular weight is 142 g/mol. The molecule has 0 spiro atoms. The van der Waals surface area contributed by atoms with Crippen LogP contribution in [0.3, 0.4) is 0 Å². The summed E-state index contributed by atoms with van der Waals surface area (Å²) in [7, 11) is 0. The van der Waals surface area contributed by atoms with Crippen LogP contribution in [0.25, 0.3) is 0 Å². The Kier molecular flexibility index (Phi) is 3.20. The van der Waals surface area contributed by atoms with Crippen LogP contribution in [0.2, 0.25) is 0 Å². The third-order valence-corrected chi connectivity index (χ3v) is 2.71. The van der Waals surface area contributed by atoms with Crippen LogP contribution in [0.5, 0.6) is 0 Å². The molecule has 0 saturated carbocycles. The van der Waals surface area contributed by atoms with E-state index in [4.69, 9.17) is 0 Å². The van der Waals surface area contributed by atoms with Gasteiger partial charge in [0.2, 0.25) is 0 Å². The Hall–Kier alpha value is 0.0900. The maximum absolute atomic E-state index is 2.38. The van der Waals surface area contributed by atoms with Crippen molar-refractivity contribution in [3.63, 3.8) is 0 Å². The molecule has 9 heavy (non-hydrogen) atoms. The minimum absolute atomic E-state index is 0.883. The van der Waals surface area contributed by atoms with Gasteiger partial charge in [-0.05, 0) is 18.1 Å². The van der Waals surface area contributed by atoms with Crippen LogP contribution < -0.4 is 0 Å². The standard InChI is InChI=1S/C8H14S/c1-2-4-8-5-3-6-9-7-8/h3,5,8H,2,4,6-7H2,1H3. The Bertz CT molecular complexity index is 96.7. The van der Waals surface area contributed by atoms with Crippen LogP contribution >= 0.6 is 11.8 Å². The topological polar surface area (TPSA) is 0 Å². The van der Waals surface area contributed by atoms with E-state index < -0.39 is 0 Å². The normalized spacial score (nSPS) is 26.6. The summed E-state index contributed by atoms with van der Waals surface area (Å²) in [5.41, 5.74) is 0. The summed E-state index contributed by atoms with van der Waals surface area (Å²) < 4.78 is 0. The number of hydrogen-bond acceptors (Lipinski definition) is 1. The maximum atomic E-state index is 2.38. The molecule has 0 saturated heterocycles. The second-order valence-corrected chi connectivity index (χ2v) is 3.59. The van der Waals surface area contributed by atoms with Gasteiger partial charge in [0.1, 0.15) is 0 Å². The average Bonchev–Trinajstić information content (AvgIpc) is 1.91. The minimum Gasteiger partial charge on any atom is -0.157 e. The predicted octanol–water partition coefficient (Wildman–Crippen LogP) is 2.71. The highest BCUT2D eigenvalue weighted by Gasteiger charge is 2.05. The van der Waals surface area contributed by atoms with E-state index in [0.29, 0.717) is 0 Å². The lowest BCUT2D eigenvalue weighted by molar-refractivity contribution is 0.640. The molecule has 1 heteroatoms. The van der Waals surface area contributed by atoms with Crippen molar-refractivity contribution < 1.29 is 0 Å². The van der Waals surface area contributed by atoms with Gasteiger partial charge in [0.25, 0.3) is 0 Å². The first-order valence-corrected chi connectivity index (χ1v) is 4.83. The first kappa shape index (κ1) is 7.20. The van der Waals surface area contributed by atoms with Gasteiger partial charge in [-0.2, -0.15) is 11.8 Å². The van der Waals surface area contributed by atoms with Gasteiger partial charge in [-0.15, -0.1) is 0 Å². The van der Waals surface area contributed by atoms with Gasteiger partial charge in [-0.25, -0.2) is 0 Å². The van der Waals surface area contributed by atoms with E-state index in [9.17, 15) is 0 Å². The molecule has 0 nitrogen and oxygen atoms in total. The molecule has 0 bridgehead atoms. The molecular weight excluding hydrogens is 128 g/mol. The van der Waals surface area contributed by atoms with Crippen LogP contribution in [-0.2, 0) is 0 Å². The molecule has 0 aromatic heterocycles. The molecule has 0 N–H and O–H groups in total. The van der Waals surface area contributed by atoms with Crippen molar-refractivity contribution in [2.24, 2.45) is 5.92 Å². The van der Waals surface area contributed by atoms with E-state index in [1.54, 1.807) is 0 Å². The highest BCUT2D eigenvalue weighted by molar-refractivity contribution is 7.99. The van der Waals surface area contributed by atoms with Crippen molar-refractivity contribution in [3.05, 3.63) is 12.2 Å². The van der Waals surface area contributed by atoms with Crippen LogP contribution in [0.1, 0.15) is 19.8 Å². The monoisotopic (exact) mass is 142 g/mol. The Balaban J connectivity index is 2.23. The number of thioether (sulfide) groups is 1. The zero-order valence-electron chi connectivity index (χ0n) is 5.97. The van der Waals surface area contributed by atoms with Crippen molar-refractivity contribution in [1.82, 2.24) is 0 Å². The lowest BCUT2D eigenvalue weighted by atomic mass is 10.1. The van der Waals surface area contributed by atoms with Crippen molar-refractivity contribution in [3.8, 4) is 0 Å². The fourth-order valence-electron chi connectivity index (χ4n) is 1.14. The van der Waals surface area contributed by atoms with Gasteiger partial charge >= 0.3 is 0 Å². The number of allylic oxidation sites excluding steroid dienone is 1. The van der Waals surface area contributed by atoms with Crippen molar-refractivity contribution in [1.29, 1.82) is 0 Å². The molecule has 0 aromatic rings. The Morgan fingerprint density at radius 1 is 1.67 bits per heavy atom. The molecule has 1 unspecified atom stereocenters. The van der Waals surface area contributed by atoms with Crippen LogP contribution in [-0.4, -0.2) is 11.5 Å². The maximum Gasteiger partial charge on any atom is 0.0113 e. The molecule has 52 valence electrons. The molecule has 0 aliphatic carbocycles. The molecule has 1 heterocycles. The largest absolute Gasteiger partial charge is 0.157 e. The molecular formula is C8H14S.